The van der Waals surface area contributed by atoms with E-state index in [1.807, 2.05) is 69.4 Å². The molecule has 33 heavy (non-hydrogen) atoms. The van der Waals surface area contributed by atoms with E-state index in [1.54, 1.807) is 0 Å². The zero-order chi connectivity index (χ0) is 23.4. The van der Waals surface area contributed by atoms with E-state index in [1.165, 1.54) is 0 Å². The molecule has 1 fully saturated rings. The number of anilines is 2. The Balaban J connectivity index is 1.51. The standard InChI is InChI=1S/C27H33N5O/c1-27(2,3)26(33)30-17-19-13-15-32(16-14-19)23-18-29-24(21-9-11-22(28)12-10-21)25(31-23)20-7-5-4-6-8-20/h4-12,18-19H,13-17,28H2,1-3H3,(H,30,33). The molecule has 0 bridgehead atoms. The SMILES string of the molecule is CC(C)(C)C(=O)NCC1CCN(c2cnc(-c3ccc(N)cc3)c(-c3ccccc3)n2)CC1. The molecule has 0 radical (unpaired) electrons. The van der Waals surface area contributed by atoms with Crippen LogP contribution in [-0.4, -0.2) is 35.5 Å². The van der Waals surface area contributed by atoms with E-state index in [9.17, 15) is 4.79 Å². The molecule has 0 saturated carbocycles. The quantitative estimate of drug-likeness (QED) is 0.555. The summed E-state index contributed by atoms with van der Waals surface area (Å²) in [4.78, 5) is 24.4. The summed E-state index contributed by atoms with van der Waals surface area (Å²) in [5, 5.41) is 3.11. The summed E-state index contributed by atoms with van der Waals surface area (Å²) in [6.07, 6.45) is 3.92. The van der Waals surface area contributed by atoms with Crippen molar-refractivity contribution < 1.29 is 4.79 Å². The van der Waals surface area contributed by atoms with Gasteiger partial charge in [-0.3, -0.25) is 9.78 Å². The third-order valence-electron chi connectivity index (χ3n) is 6.16. The Labute approximate surface area is 196 Å². The van der Waals surface area contributed by atoms with Gasteiger partial charge >= 0.3 is 0 Å². The van der Waals surface area contributed by atoms with E-state index >= 15 is 0 Å². The maximum absolute atomic E-state index is 12.2. The minimum atomic E-state index is -0.351. The molecule has 1 aromatic heterocycles. The van der Waals surface area contributed by atoms with E-state index in [0.29, 0.717) is 5.92 Å². The summed E-state index contributed by atoms with van der Waals surface area (Å²) in [5.41, 5.74) is 10.0. The number of piperidine rings is 1. The summed E-state index contributed by atoms with van der Waals surface area (Å²) in [6.45, 7) is 8.38. The third kappa shape index (κ3) is 5.51. The highest BCUT2D eigenvalue weighted by Gasteiger charge is 2.25. The number of nitrogens with zero attached hydrogens (tertiary/aromatic N) is 3. The maximum Gasteiger partial charge on any atom is 0.225 e. The van der Waals surface area contributed by atoms with Crippen molar-refractivity contribution in [3.05, 3.63) is 60.8 Å². The normalized spacial score (nSPS) is 14.8. The van der Waals surface area contributed by atoms with Gasteiger partial charge in [0, 0.05) is 41.9 Å². The molecular weight excluding hydrogens is 410 g/mol. The predicted molar refractivity (Wildman–Crippen MR) is 135 cm³/mol. The molecule has 1 aliphatic heterocycles. The van der Waals surface area contributed by atoms with Crippen LogP contribution in [0.15, 0.2) is 60.8 Å². The smallest absolute Gasteiger partial charge is 0.225 e. The summed E-state index contributed by atoms with van der Waals surface area (Å²) in [5.74, 6) is 1.50. The van der Waals surface area contributed by atoms with Crippen LogP contribution in [0, 0.1) is 11.3 Å². The van der Waals surface area contributed by atoms with Crippen LogP contribution in [-0.2, 0) is 4.79 Å². The Morgan fingerprint density at radius 1 is 1.00 bits per heavy atom. The number of carbonyl (C=O) groups is 1. The van der Waals surface area contributed by atoms with Gasteiger partial charge in [-0.1, -0.05) is 63.2 Å². The highest BCUT2D eigenvalue weighted by molar-refractivity contribution is 5.81. The predicted octanol–water partition coefficient (Wildman–Crippen LogP) is 4.77. The van der Waals surface area contributed by atoms with Gasteiger partial charge in [-0.05, 0) is 30.9 Å². The fourth-order valence-electron chi connectivity index (χ4n) is 4.05. The number of rotatable bonds is 5. The minimum Gasteiger partial charge on any atom is -0.399 e. The molecule has 0 unspecified atom stereocenters. The van der Waals surface area contributed by atoms with Crippen molar-refractivity contribution in [1.82, 2.24) is 15.3 Å². The van der Waals surface area contributed by atoms with Gasteiger partial charge in [-0.2, -0.15) is 0 Å². The molecule has 3 aromatic rings. The van der Waals surface area contributed by atoms with Crippen molar-refractivity contribution in [2.45, 2.75) is 33.6 Å². The first-order valence-electron chi connectivity index (χ1n) is 11.6. The van der Waals surface area contributed by atoms with E-state index in [-0.39, 0.29) is 11.3 Å². The van der Waals surface area contributed by atoms with E-state index in [2.05, 4.69) is 22.3 Å². The molecule has 4 rings (SSSR count). The van der Waals surface area contributed by atoms with Crippen LogP contribution in [0.25, 0.3) is 22.5 Å². The number of nitrogens with two attached hydrogens (primary N) is 1. The van der Waals surface area contributed by atoms with Gasteiger partial charge in [-0.15, -0.1) is 0 Å². The average Bonchev–Trinajstić information content (AvgIpc) is 2.83. The molecule has 1 amide bonds. The molecule has 1 saturated heterocycles. The molecule has 3 N–H and O–H groups in total. The number of carbonyl (C=O) groups excluding carboxylic acids is 1. The summed E-state index contributed by atoms with van der Waals surface area (Å²) < 4.78 is 0. The maximum atomic E-state index is 12.2. The van der Waals surface area contributed by atoms with Crippen LogP contribution in [0.2, 0.25) is 0 Å². The lowest BCUT2D eigenvalue weighted by Gasteiger charge is -2.33. The van der Waals surface area contributed by atoms with Crippen LogP contribution < -0.4 is 16.0 Å². The second kappa shape index (κ2) is 9.61. The number of hydrogen-bond acceptors (Lipinski definition) is 5. The van der Waals surface area contributed by atoms with Gasteiger partial charge < -0.3 is 16.0 Å². The van der Waals surface area contributed by atoms with Crippen LogP contribution in [0.4, 0.5) is 11.5 Å². The van der Waals surface area contributed by atoms with Gasteiger partial charge in [0.1, 0.15) is 5.82 Å². The van der Waals surface area contributed by atoms with E-state index < -0.39 is 0 Å². The number of aromatic nitrogens is 2. The second-order valence-corrected chi connectivity index (χ2v) is 9.80. The van der Waals surface area contributed by atoms with Crippen molar-refractivity contribution in [2.75, 3.05) is 30.3 Å². The molecule has 2 heterocycles. The number of amides is 1. The highest BCUT2D eigenvalue weighted by atomic mass is 16.2. The summed E-state index contributed by atoms with van der Waals surface area (Å²) >= 11 is 0. The zero-order valence-electron chi connectivity index (χ0n) is 19.7. The van der Waals surface area contributed by atoms with Crippen molar-refractivity contribution in [1.29, 1.82) is 0 Å². The Bertz CT molecular complexity index is 1080. The second-order valence-electron chi connectivity index (χ2n) is 9.80. The molecule has 0 atom stereocenters. The number of hydrogen-bond donors (Lipinski definition) is 2. The van der Waals surface area contributed by atoms with Gasteiger partial charge in [0.15, 0.2) is 0 Å². The van der Waals surface area contributed by atoms with Crippen molar-refractivity contribution >= 4 is 17.4 Å². The number of nitrogen functional groups attached to an aromatic ring is 1. The lowest BCUT2D eigenvalue weighted by molar-refractivity contribution is -0.128. The molecule has 1 aliphatic rings. The molecule has 0 spiro atoms. The number of nitrogens with one attached hydrogen (secondary N) is 1. The first-order valence-corrected chi connectivity index (χ1v) is 11.6. The van der Waals surface area contributed by atoms with Gasteiger partial charge in [0.05, 0.1) is 17.6 Å². The Morgan fingerprint density at radius 2 is 1.64 bits per heavy atom. The van der Waals surface area contributed by atoms with Crippen LogP contribution in [0.1, 0.15) is 33.6 Å². The first kappa shape index (κ1) is 22.8. The molecule has 0 aliphatic carbocycles. The number of benzene rings is 2. The first-order chi connectivity index (χ1) is 15.8. The minimum absolute atomic E-state index is 0.113. The fourth-order valence-corrected chi connectivity index (χ4v) is 4.05. The van der Waals surface area contributed by atoms with Crippen LogP contribution in [0.5, 0.6) is 0 Å². The third-order valence-corrected chi connectivity index (χ3v) is 6.16. The molecular formula is C27H33N5O. The van der Waals surface area contributed by atoms with Crippen molar-refractivity contribution in [3.8, 4) is 22.5 Å². The Kier molecular flexibility index (Phi) is 6.63. The van der Waals surface area contributed by atoms with Gasteiger partial charge in [0.25, 0.3) is 0 Å². The molecule has 172 valence electrons. The zero-order valence-corrected chi connectivity index (χ0v) is 19.7. The van der Waals surface area contributed by atoms with E-state index in [4.69, 9.17) is 15.7 Å². The molecule has 6 heteroatoms. The van der Waals surface area contributed by atoms with Crippen LogP contribution in [0.3, 0.4) is 0 Å². The van der Waals surface area contributed by atoms with Gasteiger partial charge in [0.2, 0.25) is 5.91 Å². The monoisotopic (exact) mass is 443 g/mol. The Morgan fingerprint density at radius 3 is 2.27 bits per heavy atom. The highest BCUT2D eigenvalue weighted by Crippen LogP contribution is 2.32. The van der Waals surface area contributed by atoms with Crippen molar-refractivity contribution in [2.24, 2.45) is 11.3 Å². The van der Waals surface area contributed by atoms with Gasteiger partial charge in [-0.25, -0.2) is 4.98 Å². The largest absolute Gasteiger partial charge is 0.399 e. The lowest BCUT2D eigenvalue weighted by atomic mass is 9.93. The topological polar surface area (TPSA) is 84.1 Å². The summed E-state index contributed by atoms with van der Waals surface area (Å²) in [6, 6.07) is 17.9. The average molecular weight is 444 g/mol. The summed E-state index contributed by atoms with van der Waals surface area (Å²) in [7, 11) is 0. The van der Waals surface area contributed by atoms with Crippen molar-refractivity contribution in [3.63, 3.8) is 0 Å². The molecule has 6 nitrogen and oxygen atoms in total. The van der Waals surface area contributed by atoms with E-state index in [0.717, 1.165) is 66.5 Å². The lowest BCUT2D eigenvalue weighted by Crippen LogP contribution is -2.42. The Hall–Kier alpha value is -3.41. The fraction of sp³-hybridized carbons (Fsp3) is 0.370. The molecule has 2 aromatic carbocycles. The van der Waals surface area contributed by atoms with Crippen LogP contribution >= 0.6 is 0 Å².